The molecule has 2 saturated heterocycles. The molecule has 0 bridgehead atoms. The van der Waals surface area contributed by atoms with Crippen LogP contribution < -0.4 is 14.4 Å². The van der Waals surface area contributed by atoms with Crippen LogP contribution in [0.2, 0.25) is 0 Å². The van der Waals surface area contributed by atoms with Gasteiger partial charge in [-0.05, 0) is 68.4 Å². The van der Waals surface area contributed by atoms with E-state index in [1.807, 2.05) is 42.4 Å². The maximum Gasteiger partial charge on any atom is 0.227 e. The fourth-order valence-electron chi connectivity index (χ4n) is 5.39. The molecule has 1 aromatic carbocycles. The van der Waals surface area contributed by atoms with Gasteiger partial charge in [0.05, 0.1) is 20.1 Å². The summed E-state index contributed by atoms with van der Waals surface area (Å²) in [5.74, 6) is 5.04. The lowest BCUT2D eigenvalue weighted by Crippen LogP contribution is -2.42. The number of aromatic nitrogens is 2. The Bertz CT molecular complexity index is 984. The SMILES string of the molecule is COc1cc(OCCC2CC2C2CCN(c3ncc(C)cn3)CC2)ccc1CC(=O)N1CCC1. The minimum absolute atomic E-state index is 0.176. The molecule has 1 aromatic heterocycles. The van der Waals surface area contributed by atoms with Crippen molar-refractivity contribution < 1.29 is 14.3 Å². The molecule has 3 aliphatic rings. The zero-order valence-corrected chi connectivity index (χ0v) is 20.4. The van der Waals surface area contributed by atoms with Crippen molar-refractivity contribution in [1.82, 2.24) is 14.9 Å². The average molecular weight is 465 g/mol. The first kappa shape index (κ1) is 22.9. The topological polar surface area (TPSA) is 67.8 Å². The lowest BCUT2D eigenvalue weighted by molar-refractivity contribution is -0.133. The van der Waals surface area contributed by atoms with Crippen LogP contribution in [0.25, 0.3) is 0 Å². The number of piperidine rings is 1. The third-order valence-electron chi connectivity index (χ3n) is 7.74. The van der Waals surface area contributed by atoms with Crippen molar-refractivity contribution in [3.05, 3.63) is 41.7 Å². The van der Waals surface area contributed by atoms with Crippen LogP contribution >= 0.6 is 0 Å². The van der Waals surface area contributed by atoms with E-state index in [0.29, 0.717) is 6.42 Å². The highest BCUT2D eigenvalue weighted by Gasteiger charge is 2.43. The average Bonchev–Trinajstić information content (AvgIpc) is 3.59. The number of hydrogen-bond acceptors (Lipinski definition) is 6. The Morgan fingerprint density at radius 1 is 1.12 bits per heavy atom. The first-order valence-electron chi connectivity index (χ1n) is 12.7. The highest BCUT2D eigenvalue weighted by Crippen LogP contribution is 2.49. The normalized spacial score (nSPS) is 22.3. The van der Waals surface area contributed by atoms with Crippen LogP contribution in [0, 0.1) is 24.7 Å². The Labute approximate surface area is 202 Å². The Kier molecular flexibility index (Phi) is 6.88. The molecule has 1 amide bonds. The van der Waals surface area contributed by atoms with Gasteiger partial charge in [0.2, 0.25) is 11.9 Å². The largest absolute Gasteiger partial charge is 0.496 e. The molecule has 0 spiro atoms. The summed E-state index contributed by atoms with van der Waals surface area (Å²) in [4.78, 5) is 25.5. The number of nitrogens with zero attached hydrogens (tertiary/aromatic N) is 4. The Morgan fingerprint density at radius 3 is 2.56 bits per heavy atom. The van der Waals surface area contributed by atoms with Gasteiger partial charge in [-0.2, -0.15) is 0 Å². The van der Waals surface area contributed by atoms with Crippen molar-refractivity contribution in [2.24, 2.45) is 17.8 Å². The molecule has 34 heavy (non-hydrogen) atoms. The van der Waals surface area contributed by atoms with Gasteiger partial charge in [-0.3, -0.25) is 4.79 Å². The van der Waals surface area contributed by atoms with Crippen molar-refractivity contribution in [2.45, 2.75) is 45.4 Å². The molecular formula is C27H36N4O3. The Hall–Kier alpha value is -2.83. The van der Waals surface area contributed by atoms with Crippen LogP contribution in [-0.2, 0) is 11.2 Å². The van der Waals surface area contributed by atoms with E-state index in [9.17, 15) is 4.79 Å². The molecule has 7 heteroatoms. The number of anilines is 1. The van der Waals surface area contributed by atoms with E-state index in [1.165, 1.54) is 19.3 Å². The summed E-state index contributed by atoms with van der Waals surface area (Å²) in [6.45, 7) is 6.62. The molecule has 2 aliphatic heterocycles. The Balaban J connectivity index is 1.04. The number of likely N-dealkylation sites (tertiary alicyclic amines) is 1. The number of carbonyl (C=O) groups is 1. The molecule has 3 fully saturated rings. The molecule has 1 aliphatic carbocycles. The van der Waals surface area contributed by atoms with Gasteiger partial charge in [0.25, 0.3) is 0 Å². The van der Waals surface area contributed by atoms with Crippen LogP contribution in [0.4, 0.5) is 5.95 Å². The summed E-state index contributed by atoms with van der Waals surface area (Å²) in [7, 11) is 1.65. The zero-order valence-electron chi connectivity index (χ0n) is 20.4. The lowest BCUT2D eigenvalue weighted by atomic mass is 9.90. The number of aryl methyl sites for hydroxylation is 1. The van der Waals surface area contributed by atoms with Crippen molar-refractivity contribution in [3.8, 4) is 11.5 Å². The van der Waals surface area contributed by atoms with Crippen LogP contribution in [0.1, 0.15) is 43.2 Å². The van der Waals surface area contributed by atoms with E-state index < -0.39 is 0 Å². The molecule has 2 atom stereocenters. The summed E-state index contributed by atoms with van der Waals surface area (Å²) >= 11 is 0. The van der Waals surface area contributed by atoms with E-state index in [1.54, 1.807) is 7.11 Å². The molecular weight excluding hydrogens is 428 g/mol. The van der Waals surface area contributed by atoms with Gasteiger partial charge in [0.15, 0.2) is 0 Å². The van der Waals surface area contributed by atoms with Gasteiger partial charge in [0, 0.05) is 50.2 Å². The first-order valence-corrected chi connectivity index (χ1v) is 12.7. The fraction of sp³-hybridized carbons (Fsp3) is 0.593. The van der Waals surface area contributed by atoms with E-state index in [-0.39, 0.29) is 5.91 Å². The minimum atomic E-state index is 0.176. The summed E-state index contributed by atoms with van der Waals surface area (Å²) in [6.07, 6.45) is 10.2. The number of rotatable bonds is 9. The lowest BCUT2D eigenvalue weighted by Gasteiger charge is -2.32. The van der Waals surface area contributed by atoms with E-state index in [0.717, 1.165) is 92.0 Å². The number of hydrogen-bond donors (Lipinski definition) is 0. The van der Waals surface area contributed by atoms with E-state index in [4.69, 9.17) is 9.47 Å². The number of carbonyl (C=O) groups excluding carboxylic acids is 1. The van der Waals surface area contributed by atoms with Crippen LogP contribution in [-0.4, -0.2) is 60.7 Å². The zero-order chi connectivity index (χ0) is 23.5. The van der Waals surface area contributed by atoms with E-state index in [2.05, 4.69) is 14.9 Å². The smallest absolute Gasteiger partial charge is 0.227 e. The highest BCUT2D eigenvalue weighted by atomic mass is 16.5. The fourth-order valence-corrected chi connectivity index (χ4v) is 5.39. The maximum absolute atomic E-state index is 12.3. The number of methoxy groups -OCH3 is 1. The molecule has 0 radical (unpaired) electrons. The summed E-state index contributed by atoms with van der Waals surface area (Å²) in [5, 5.41) is 0. The Morgan fingerprint density at radius 2 is 1.88 bits per heavy atom. The van der Waals surface area contributed by atoms with Crippen molar-refractivity contribution in [1.29, 1.82) is 0 Å². The van der Waals surface area contributed by atoms with Gasteiger partial charge in [-0.1, -0.05) is 6.07 Å². The molecule has 2 unspecified atom stereocenters. The molecule has 0 N–H and O–H groups in total. The van der Waals surface area contributed by atoms with Crippen molar-refractivity contribution >= 4 is 11.9 Å². The quantitative estimate of drug-likeness (QED) is 0.561. The second-order valence-electron chi connectivity index (χ2n) is 10.1. The second kappa shape index (κ2) is 10.2. The maximum atomic E-state index is 12.3. The molecule has 182 valence electrons. The molecule has 5 rings (SSSR count). The van der Waals surface area contributed by atoms with Crippen molar-refractivity contribution in [3.63, 3.8) is 0 Å². The monoisotopic (exact) mass is 464 g/mol. The van der Waals surface area contributed by atoms with Gasteiger partial charge in [-0.25, -0.2) is 9.97 Å². The van der Waals surface area contributed by atoms with Crippen LogP contribution in [0.3, 0.4) is 0 Å². The second-order valence-corrected chi connectivity index (χ2v) is 10.1. The summed E-state index contributed by atoms with van der Waals surface area (Å²) in [5.41, 5.74) is 2.03. The predicted molar refractivity (Wildman–Crippen MR) is 131 cm³/mol. The third-order valence-corrected chi connectivity index (χ3v) is 7.74. The highest BCUT2D eigenvalue weighted by molar-refractivity contribution is 5.80. The van der Waals surface area contributed by atoms with Gasteiger partial charge in [0.1, 0.15) is 11.5 Å². The van der Waals surface area contributed by atoms with Crippen LogP contribution in [0.15, 0.2) is 30.6 Å². The predicted octanol–water partition coefficient (Wildman–Crippen LogP) is 3.89. The summed E-state index contributed by atoms with van der Waals surface area (Å²) < 4.78 is 11.6. The summed E-state index contributed by atoms with van der Waals surface area (Å²) in [6, 6.07) is 5.86. The van der Waals surface area contributed by atoms with Crippen LogP contribution in [0.5, 0.6) is 11.5 Å². The van der Waals surface area contributed by atoms with Gasteiger partial charge >= 0.3 is 0 Å². The third kappa shape index (κ3) is 5.29. The molecule has 7 nitrogen and oxygen atoms in total. The molecule has 2 aromatic rings. The minimum Gasteiger partial charge on any atom is -0.496 e. The number of ether oxygens (including phenoxy) is 2. The van der Waals surface area contributed by atoms with Crippen molar-refractivity contribution in [2.75, 3.05) is 44.8 Å². The molecule has 3 heterocycles. The first-order chi connectivity index (χ1) is 16.6. The van der Waals surface area contributed by atoms with Gasteiger partial charge in [-0.15, -0.1) is 0 Å². The number of amides is 1. The standard InChI is InChI=1S/C27H36N4O3/c1-19-17-28-27(29-18-19)31-11-6-20(7-12-31)24-14-21(24)8-13-34-23-5-4-22(25(16-23)33-2)15-26(32)30-9-3-10-30/h4-5,16-18,20-21,24H,3,6-15H2,1-2H3. The van der Waals surface area contributed by atoms with Gasteiger partial charge < -0.3 is 19.3 Å². The molecule has 1 saturated carbocycles. The number of benzene rings is 1. The van der Waals surface area contributed by atoms with E-state index >= 15 is 0 Å².